The summed E-state index contributed by atoms with van der Waals surface area (Å²) >= 11 is 0. The van der Waals surface area contributed by atoms with E-state index in [9.17, 15) is 0 Å². The van der Waals surface area contributed by atoms with Crippen LogP contribution >= 0.6 is 0 Å². The third-order valence-corrected chi connectivity index (χ3v) is 10.2. The van der Waals surface area contributed by atoms with Crippen LogP contribution in [0.15, 0.2) is 36.4 Å². The molecule has 202 valence electrons. The van der Waals surface area contributed by atoms with Crippen molar-refractivity contribution in [3.05, 3.63) is 69.8 Å². The predicted molar refractivity (Wildman–Crippen MR) is 153 cm³/mol. The van der Waals surface area contributed by atoms with E-state index in [-0.39, 0.29) is 0 Å². The number of fused-ring (bicyclic) bond motifs is 4. The van der Waals surface area contributed by atoms with Gasteiger partial charge in [-0.3, -0.25) is 0 Å². The fraction of sp³-hybridized carbons (Fsp3) is 0.636. The van der Waals surface area contributed by atoms with Gasteiger partial charge in [-0.1, -0.05) is 36.4 Å². The molecule has 0 aromatic heterocycles. The molecule has 0 radical (unpaired) electrons. The summed E-state index contributed by atoms with van der Waals surface area (Å²) in [6, 6.07) is 14.0. The lowest BCUT2D eigenvalue weighted by atomic mass is 9.69. The normalized spacial score (nSPS) is 34.2. The third-order valence-electron chi connectivity index (χ3n) is 10.2. The van der Waals surface area contributed by atoms with Crippen LogP contribution in [0, 0.1) is 39.0 Å². The predicted octanol–water partition coefficient (Wildman–Crippen LogP) is 5.87. The molecule has 0 N–H and O–H groups in total. The molecule has 2 aromatic carbocycles. The van der Waals surface area contributed by atoms with Gasteiger partial charge in [0.15, 0.2) is 0 Å². The zero-order chi connectivity index (χ0) is 26.2. The molecular formula is C33H48N2O2. The Kier molecular flexibility index (Phi) is 8.12. The average Bonchev–Trinajstić information content (AvgIpc) is 3.40. The van der Waals surface area contributed by atoms with Gasteiger partial charge < -0.3 is 19.3 Å². The Hall–Kier alpha value is -1.72. The largest absolute Gasteiger partial charge is 0.384 e. The SMILES string of the molecule is COC1CN2CCC(c3ccc(C)c(C)c3)C1C2.COCC12CCN(CCC1c1ccc(C)c(C)c1)C2. The van der Waals surface area contributed by atoms with Crippen molar-refractivity contribution >= 4 is 0 Å². The van der Waals surface area contributed by atoms with Gasteiger partial charge in [0.05, 0.1) is 12.7 Å². The van der Waals surface area contributed by atoms with Crippen LogP contribution in [0.4, 0.5) is 0 Å². The molecular weight excluding hydrogens is 456 g/mol. The number of aryl methyl sites for hydroxylation is 4. The Morgan fingerprint density at radius 2 is 1.46 bits per heavy atom. The number of hydrogen-bond acceptors (Lipinski definition) is 4. The summed E-state index contributed by atoms with van der Waals surface area (Å²) in [5.41, 5.74) is 9.04. The van der Waals surface area contributed by atoms with Crippen LogP contribution < -0.4 is 0 Å². The summed E-state index contributed by atoms with van der Waals surface area (Å²) in [6.07, 6.45) is 4.29. The van der Waals surface area contributed by atoms with Crippen LogP contribution in [0.1, 0.15) is 64.5 Å². The fourth-order valence-electron chi connectivity index (χ4n) is 7.73. The van der Waals surface area contributed by atoms with Crippen molar-refractivity contribution in [3.8, 4) is 0 Å². The van der Waals surface area contributed by atoms with Gasteiger partial charge in [-0.25, -0.2) is 0 Å². The maximum Gasteiger partial charge on any atom is 0.0744 e. The first kappa shape index (κ1) is 26.9. The molecule has 37 heavy (non-hydrogen) atoms. The first-order chi connectivity index (χ1) is 17.8. The maximum atomic E-state index is 5.69. The Balaban J connectivity index is 0.000000152. The highest BCUT2D eigenvalue weighted by Crippen LogP contribution is 2.49. The van der Waals surface area contributed by atoms with Crippen LogP contribution in [0.3, 0.4) is 0 Å². The number of rotatable bonds is 5. The van der Waals surface area contributed by atoms with E-state index < -0.39 is 0 Å². The highest BCUT2D eigenvalue weighted by Gasteiger charge is 2.48. The van der Waals surface area contributed by atoms with Crippen molar-refractivity contribution in [3.63, 3.8) is 0 Å². The number of hydrogen-bond donors (Lipinski definition) is 0. The molecule has 7 atom stereocenters. The topological polar surface area (TPSA) is 24.9 Å². The molecule has 4 fully saturated rings. The lowest BCUT2D eigenvalue weighted by molar-refractivity contribution is 0.0415. The summed E-state index contributed by atoms with van der Waals surface area (Å²) in [5, 5.41) is 0. The lowest BCUT2D eigenvalue weighted by Crippen LogP contribution is -2.42. The molecule has 4 aliphatic heterocycles. The minimum Gasteiger partial charge on any atom is -0.384 e. The minimum absolute atomic E-state index is 0.356. The van der Waals surface area contributed by atoms with E-state index in [4.69, 9.17) is 9.47 Å². The number of benzene rings is 2. The quantitative estimate of drug-likeness (QED) is 0.509. The van der Waals surface area contributed by atoms with Gasteiger partial charge in [0.1, 0.15) is 0 Å². The van der Waals surface area contributed by atoms with E-state index in [0.29, 0.717) is 29.3 Å². The Morgan fingerprint density at radius 1 is 0.784 bits per heavy atom. The summed E-state index contributed by atoms with van der Waals surface area (Å²) in [6.45, 7) is 17.0. The van der Waals surface area contributed by atoms with Crippen molar-refractivity contribution < 1.29 is 9.47 Å². The molecule has 4 heteroatoms. The van der Waals surface area contributed by atoms with Crippen molar-refractivity contribution in [2.45, 2.75) is 64.9 Å². The molecule has 4 heterocycles. The molecule has 0 aliphatic carbocycles. The second-order valence-electron chi connectivity index (χ2n) is 12.4. The highest BCUT2D eigenvalue weighted by atomic mass is 16.5. The molecule has 2 aromatic rings. The summed E-state index contributed by atoms with van der Waals surface area (Å²) in [7, 11) is 3.72. The van der Waals surface area contributed by atoms with Crippen LogP contribution in [-0.2, 0) is 9.47 Å². The molecule has 4 nitrogen and oxygen atoms in total. The standard InChI is InChI=1S/C17H25NO.C16H23NO/c1-13-4-5-15(10-14(13)2)16-6-8-18-9-7-17(16,11-18)12-19-3;1-11-4-5-13(8-12(11)2)14-6-7-17-9-15(14)16(10-17)18-3/h4-5,10,16H,6-9,11-12H2,1-3H3;4-5,8,14-16H,6-7,9-10H2,1-3H3. The van der Waals surface area contributed by atoms with Crippen molar-refractivity contribution in [2.24, 2.45) is 11.3 Å². The highest BCUT2D eigenvalue weighted by molar-refractivity contribution is 5.35. The van der Waals surface area contributed by atoms with Gasteiger partial charge in [-0.2, -0.15) is 0 Å². The smallest absolute Gasteiger partial charge is 0.0744 e. The molecule has 0 spiro atoms. The van der Waals surface area contributed by atoms with Gasteiger partial charge in [-0.05, 0) is 112 Å². The molecule has 6 rings (SSSR count). The minimum atomic E-state index is 0.356. The van der Waals surface area contributed by atoms with Gasteiger partial charge in [0.25, 0.3) is 0 Å². The van der Waals surface area contributed by atoms with Gasteiger partial charge >= 0.3 is 0 Å². The van der Waals surface area contributed by atoms with Crippen LogP contribution in [0.2, 0.25) is 0 Å². The van der Waals surface area contributed by atoms with Crippen molar-refractivity contribution in [1.82, 2.24) is 9.80 Å². The molecule has 7 unspecified atom stereocenters. The summed E-state index contributed by atoms with van der Waals surface area (Å²) < 4.78 is 11.3. The third kappa shape index (κ3) is 5.41. The fourth-order valence-corrected chi connectivity index (χ4v) is 7.73. The zero-order valence-electron chi connectivity index (χ0n) is 24.1. The first-order valence-electron chi connectivity index (χ1n) is 14.4. The molecule has 0 amide bonds. The van der Waals surface area contributed by atoms with E-state index in [2.05, 4.69) is 73.9 Å². The van der Waals surface area contributed by atoms with Crippen molar-refractivity contribution in [1.29, 1.82) is 0 Å². The molecule has 4 bridgehead atoms. The first-order valence-corrected chi connectivity index (χ1v) is 14.4. The average molecular weight is 505 g/mol. The van der Waals surface area contributed by atoms with Crippen LogP contribution in [0.25, 0.3) is 0 Å². The maximum absolute atomic E-state index is 5.69. The lowest BCUT2D eigenvalue weighted by Gasteiger charge is -2.41. The van der Waals surface area contributed by atoms with E-state index in [1.807, 2.05) is 14.2 Å². The molecule has 4 saturated heterocycles. The number of piperidine rings is 2. The van der Waals surface area contributed by atoms with Gasteiger partial charge in [0.2, 0.25) is 0 Å². The van der Waals surface area contributed by atoms with E-state index in [1.54, 1.807) is 0 Å². The number of ether oxygens (including phenoxy) is 2. The Bertz CT molecular complexity index is 1080. The van der Waals surface area contributed by atoms with Crippen LogP contribution in [-0.4, -0.2) is 76.0 Å². The Morgan fingerprint density at radius 3 is 2.14 bits per heavy atom. The van der Waals surface area contributed by atoms with Gasteiger partial charge in [-0.15, -0.1) is 0 Å². The van der Waals surface area contributed by atoms with E-state index in [1.165, 1.54) is 85.4 Å². The van der Waals surface area contributed by atoms with Crippen molar-refractivity contribution in [2.75, 3.05) is 60.1 Å². The second kappa shape index (κ2) is 11.2. The number of methoxy groups -OCH3 is 2. The summed E-state index contributed by atoms with van der Waals surface area (Å²) in [4.78, 5) is 5.16. The molecule has 4 aliphatic rings. The second-order valence-corrected chi connectivity index (χ2v) is 12.4. The van der Waals surface area contributed by atoms with Gasteiger partial charge in [0, 0.05) is 45.2 Å². The van der Waals surface area contributed by atoms with Crippen LogP contribution in [0.5, 0.6) is 0 Å². The monoisotopic (exact) mass is 504 g/mol. The molecule has 0 saturated carbocycles. The van der Waals surface area contributed by atoms with E-state index >= 15 is 0 Å². The zero-order valence-corrected chi connectivity index (χ0v) is 24.1. The number of nitrogens with zero attached hydrogens (tertiary/aromatic N) is 2. The van der Waals surface area contributed by atoms with E-state index in [0.717, 1.165) is 13.2 Å². The Labute approximate surface area is 225 Å². The summed E-state index contributed by atoms with van der Waals surface area (Å²) in [5.74, 6) is 2.05.